The van der Waals surface area contributed by atoms with Crippen LogP contribution in [0.25, 0.3) is 0 Å². The SMILES string of the molecule is CCC(=O)ON=C(C)Cl. The fraction of sp³-hybridized carbons (Fsp3) is 0.600. The van der Waals surface area contributed by atoms with E-state index in [9.17, 15) is 4.79 Å². The van der Waals surface area contributed by atoms with Crippen LogP contribution in [0, 0.1) is 0 Å². The maximum atomic E-state index is 10.3. The topological polar surface area (TPSA) is 38.7 Å². The van der Waals surface area contributed by atoms with Gasteiger partial charge in [0.05, 0.1) is 0 Å². The van der Waals surface area contributed by atoms with Crippen molar-refractivity contribution >= 4 is 22.7 Å². The van der Waals surface area contributed by atoms with Gasteiger partial charge < -0.3 is 4.84 Å². The molecule has 0 heterocycles. The standard InChI is InChI=1S/C5H8ClNO2/c1-3-5(8)9-7-4(2)6/h3H2,1-2H3. The minimum atomic E-state index is -0.380. The van der Waals surface area contributed by atoms with Crippen LogP contribution >= 0.6 is 11.6 Å². The third-order valence-corrected chi connectivity index (χ3v) is 0.631. The molecule has 0 fully saturated rings. The lowest BCUT2D eigenvalue weighted by Gasteiger charge is -1.90. The van der Waals surface area contributed by atoms with E-state index in [0.717, 1.165) is 0 Å². The number of carbonyl (C=O) groups is 1. The number of hydrogen-bond donors (Lipinski definition) is 0. The fourth-order valence-electron chi connectivity index (χ4n) is 0.178. The molecule has 0 aromatic carbocycles. The molecule has 0 amide bonds. The van der Waals surface area contributed by atoms with Crippen molar-refractivity contribution in [3.05, 3.63) is 0 Å². The van der Waals surface area contributed by atoms with Crippen molar-refractivity contribution in [3.8, 4) is 0 Å². The third-order valence-electron chi connectivity index (χ3n) is 0.562. The van der Waals surface area contributed by atoms with Crippen molar-refractivity contribution in [3.63, 3.8) is 0 Å². The number of oxime groups is 1. The molecule has 0 N–H and O–H groups in total. The predicted molar refractivity (Wildman–Crippen MR) is 35.3 cm³/mol. The van der Waals surface area contributed by atoms with E-state index < -0.39 is 0 Å². The van der Waals surface area contributed by atoms with Gasteiger partial charge in [-0.15, -0.1) is 0 Å². The molecule has 0 bridgehead atoms. The summed E-state index contributed by atoms with van der Waals surface area (Å²) in [5.74, 6) is -0.380. The summed E-state index contributed by atoms with van der Waals surface area (Å²) in [4.78, 5) is 14.6. The Bertz CT molecular complexity index is 129. The van der Waals surface area contributed by atoms with E-state index in [4.69, 9.17) is 11.6 Å². The van der Waals surface area contributed by atoms with Crippen molar-refractivity contribution in [2.75, 3.05) is 0 Å². The molecule has 0 aromatic rings. The quantitative estimate of drug-likeness (QED) is 0.339. The Labute approximate surface area is 58.6 Å². The molecule has 3 nitrogen and oxygen atoms in total. The van der Waals surface area contributed by atoms with Gasteiger partial charge in [-0.1, -0.05) is 23.7 Å². The Kier molecular flexibility index (Phi) is 4.05. The second kappa shape index (κ2) is 4.32. The summed E-state index contributed by atoms with van der Waals surface area (Å²) in [6.45, 7) is 3.21. The maximum Gasteiger partial charge on any atom is 0.334 e. The average Bonchev–Trinajstić information content (AvgIpc) is 1.83. The first-order valence-corrected chi connectivity index (χ1v) is 2.94. The van der Waals surface area contributed by atoms with Crippen LogP contribution in [0.1, 0.15) is 20.3 Å². The van der Waals surface area contributed by atoms with Crippen LogP contribution in [0.5, 0.6) is 0 Å². The molecular formula is C5H8ClNO2. The zero-order valence-corrected chi connectivity index (χ0v) is 6.10. The highest BCUT2D eigenvalue weighted by Crippen LogP contribution is 1.88. The van der Waals surface area contributed by atoms with Crippen LogP contribution in [0.4, 0.5) is 0 Å². The number of rotatable bonds is 2. The number of hydrogen-bond acceptors (Lipinski definition) is 3. The molecule has 52 valence electrons. The molecule has 0 atom stereocenters. The highest BCUT2D eigenvalue weighted by atomic mass is 35.5. The largest absolute Gasteiger partial charge is 0.334 e. The fourth-order valence-corrected chi connectivity index (χ4v) is 0.213. The van der Waals surface area contributed by atoms with Crippen LogP contribution in [0.15, 0.2) is 5.16 Å². The van der Waals surface area contributed by atoms with Crippen LogP contribution in [0.3, 0.4) is 0 Å². The van der Waals surface area contributed by atoms with Gasteiger partial charge in [-0.3, -0.25) is 0 Å². The Hall–Kier alpha value is -0.570. The van der Waals surface area contributed by atoms with E-state index in [1.807, 2.05) is 0 Å². The van der Waals surface area contributed by atoms with E-state index in [-0.39, 0.29) is 11.1 Å². The smallest absolute Gasteiger partial charge is 0.317 e. The summed E-state index contributed by atoms with van der Waals surface area (Å²) in [6, 6.07) is 0. The molecule has 0 spiro atoms. The van der Waals surface area contributed by atoms with Gasteiger partial charge in [0.15, 0.2) is 0 Å². The van der Waals surface area contributed by atoms with E-state index >= 15 is 0 Å². The summed E-state index contributed by atoms with van der Waals surface area (Å²) in [5.41, 5.74) is 0. The minimum absolute atomic E-state index is 0.219. The zero-order chi connectivity index (χ0) is 7.28. The van der Waals surface area contributed by atoms with Gasteiger partial charge in [0.1, 0.15) is 5.17 Å². The highest BCUT2D eigenvalue weighted by Gasteiger charge is 1.94. The molecule has 4 heteroatoms. The van der Waals surface area contributed by atoms with E-state index in [2.05, 4.69) is 9.99 Å². The monoisotopic (exact) mass is 149 g/mol. The summed E-state index contributed by atoms with van der Waals surface area (Å²) in [6.07, 6.45) is 0.313. The number of carbonyl (C=O) groups excluding carboxylic acids is 1. The Morgan fingerprint density at radius 3 is 2.67 bits per heavy atom. The average molecular weight is 150 g/mol. The first kappa shape index (κ1) is 8.43. The molecule has 9 heavy (non-hydrogen) atoms. The van der Waals surface area contributed by atoms with Gasteiger partial charge in [-0.05, 0) is 6.92 Å². The molecular weight excluding hydrogens is 142 g/mol. The first-order valence-electron chi connectivity index (χ1n) is 2.56. The minimum Gasteiger partial charge on any atom is -0.317 e. The summed E-state index contributed by atoms with van der Waals surface area (Å²) in [7, 11) is 0. The molecule has 0 aliphatic heterocycles. The second-order valence-corrected chi connectivity index (χ2v) is 1.95. The second-order valence-electron chi connectivity index (χ2n) is 1.41. The Balaban J connectivity index is 3.50. The van der Waals surface area contributed by atoms with Crippen LogP contribution < -0.4 is 0 Å². The lowest BCUT2D eigenvalue weighted by molar-refractivity contribution is -0.143. The summed E-state index contributed by atoms with van der Waals surface area (Å²) < 4.78 is 0. The molecule has 0 unspecified atom stereocenters. The predicted octanol–water partition coefficient (Wildman–Crippen LogP) is 1.51. The molecule has 0 rings (SSSR count). The number of halogens is 1. The van der Waals surface area contributed by atoms with E-state index in [0.29, 0.717) is 6.42 Å². The molecule has 0 saturated heterocycles. The summed E-state index contributed by atoms with van der Waals surface area (Å²) >= 11 is 5.25. The third kappa shape index (κ3) is 5.30. The van der Waals surface area contributed by atoms with Crippen molar-refractivity contribution in [2.24, 2.45) is 5.16 Å². The molecule has 0 aromatic heterocycles. The van der Waals surface area contributed by atoms with E-state index in [1.54, 1.807) is 6.92 Å². The van der Waals surface area contributed by atoms with Gasteiger partial charge in [0, 0.05) is 6.42 Å². The zero-order valence-electron chi connectivity index (χ0n) is 5.35. The molecule has 0 saturated carbocycles. The molecule has 0 aliphatic rings. The van der Waals surface area contributed by atoms with Gasteiger partial charge in [0.2, 0.25) is 0 Å². The lowest BCUT2D eigenvalue weighted by atomic mass is 10.5. The highest BCUT2D eigenvalue weighted by molar-refractivity contribution is 6.64. The molecule has 0 aliphatic carbocycles. The Morgan fingerprint density at radius 2 is 2.33 bits per heavy atom. The van der Waals surface area contributed by atoms with Gasteiger partial charge in [-0.25, -0.2) is 4.79 Å². The number of nitrogens with zero attached hydrogens (tertiary/aromatic N) is 1. The van der Waals surface area contributed by atoms with Gasteiger partial charge in [0.25, 0.3) is 0 Å². The van der Waals surface area contributed by atoms with Crippen LogP contribution in [0.2, 0.25) is 0 Å². The van der Waals surface area contributed by atoms with E-state index in [1.165, 1.54) is 6.92 Å². The molecule has 0 radical (unpaired) electrons. The first-order chi connectivity index (χ1) is 4.16. The lowest BCUT2D eigenvalue weighted by Crippen LogP contribution is -1.96. The van der Waals surface area contributed by atoms with Gasteiger partial charge >= 0.3 is 5.97 Å². The van der Waals surface area contributed by atoms with Crippen molar-refractivity contribution in [1.29, 1.82) is 0 Å². The normalized spacial score (nSPS) is 11.2. The maximum absolute atomic E-state index is 10.3. The van der Waals surface area contributed by atoms with Gasteiger partial charge in [-0.2, -0.15) is 0 Å². The van der Waals surface area contributed by atoms with Crippen molar-refractivity contribution in [2.45, 2.75) is 20.3 Å². The van der Waals surface area contributed by atoms with Crippen LogP contribution in [-0.2, 0) is 9.63 Å². The summed E-state index contributed by atoms with van der Waals surface area (Å²) in [5, 5.41) is 3.45. The van der Waals surface area contributed by atoms with Crippen LogP contribution in [-0.4, -0.2) is 11.1 Å². The van der Waals surface area contributed by atoms with Crippen molar-refractivity contribution in [1.82, 2.24) is 0 Å². The Morgan fingerprint density at radius 1 is 1.78 bits per heavy atom. The van der Waals surface area contributed by atoms with Crippen molar-refractivity contribution < 1.29 is 9.63 Å².